The smallest absolute Gasteiger partial charge is 0.278 e. The van der Waals surface area contributed by atoms with E-state index in [0.717, 1.165) is 0 Å². The van der Waals surface area contributed by atoms with Crippen LogP contribution in [-0.4, -0.2) is 47.0 Å². The van der Waals surface area contributed by atoms with Gasteiger partial charge in [0.1, 0.15) is 0 Å². The molecule has 0 atom stereocenters. The molecule has 2 aromatic rings. The molecule has 30 heavy (non-hydrogen) atoms. The molecule has 158 valence electrons. The zero-order valence-electron chi connectivity index (χ0n) is 16.9. The van der Waals surface area contributed by atoms with Gasteiger partial charge < -0.3 is 10.6 Å². The molecule has 0 aliphatic rings. The number of carbonyl (C=O) groups is 2. The number of nitrogens with zero attached hydrogens (tertiary/aromatic N) is 4. The van der Waals surface area contributed by atoms with Crippen LogP contribution >= 0.6 is 0 Å². The second-order valence-electron chi connectivity index (χ2n) is 6.39. The van der Waals surface area contributed by atoms with E-state index in [0.29, 0.717) is 11.1 Å². The van der Waals surface area contributed by atoms with E-state index < -0.39 is 21.7 Å². The van der Waals surface area contributed by atoms with E-state index >= 15 is 0 Å². The van der Waals surface area contributed by atoms with E-state index in [4.69, 9.17) is 5.73 Å². The summed E-state index contributed by atoms with van der Waals surface area (Å²) >= 11 is 0. The quantitative estimate of drug-likeness (QED) is 0.339. The first-order valence-corrected chi connectivity index (χ1v) is 8.48. The highest BCUT2D eigenvalue weighted by atomic mass is 16.6. The van der Waals surface area contributed by atoms with Gasteiger partial charge in [-0.05, 0) is 26.0 Å². The lowest BCUT2D eigenvalue weighted by Crippen LogP contribution is -2.11. The predicted octanol–water partition coefficient (Wildman–Crippen LogP) is 2.64. The molecule has 0 aliphatic carbocycles. The Morgan fingerprint density at radius 2 is 1.37 bits per heavy atom. The molecule has 0 heterocycles. The van der Waals surface area contributed by atoms with Gasteiger partial charge in [-0.25, -0.2) is 0 Å². The Morgan fingerprint density at radius 1 is 0.933 bits per heavy atom. The number of benzene rings is 2. The molecule has 0 saturated carbocycles. The minimum Gasteiger partial charge on any atom is -0.369 e. The van der Waals surface area contributed by atoms with Gasteiger partial charge in [-0.15, -0.1) is 0 Å². The summed E-state index contributed by atoms with van der Waals surface area (Å²) < 4.78 is 0. The van der Waals surface area contributed by atoms with Crippen molar-refractivity contribution in [3.8, 4) is 0 Å². The van der Waals surface area contributed by atoms with Crippen LogP contribution in [0, 0.1) is 34.1 Å². The summed E-state index contributed by atoms with van der Waals surface area (Å²) in [7, 11) is 3.46. The average molecular weight is 415 g/mol. The first kappa shape index (κ1) is 23.9. The largest absolute Gasteiger partial charge is 0.369 e. The highest BCUT2D eigenvalue weighted by Gasteiger charge is 2.14. The number of aryl methyl sites for hydroxylation is 2. The lowest BCUT2D eigenvalue weighted by Gasteiger charge is -2.02. The molecule has 0 radical (unpaired) electrons. The third-order valence-electron chi connectivity index (χ3n) is 3.75. The summed E-state index contributed by atoms with van der Waals surface area (Å²) in [5.41, 5.74) is 6.20. The first-order chi connectivity index (χ1) is 13.9. The molecule has 0 spiro atoms. The molecule has 0 fully saturated rings. The molecular formula is C19H21N5O6. The van der Waals surface area contributed by atoms with Gasteiger partial charge >= 0.3 is 0 Å². The van der Waals surface area contributed by atoms with Crippen LogP contribution in [0.25, 0.3) is 0 Å². The van der Waals surface area contributed by atoms with Crippen LogP contribution < -0.4 is 5.73 Å². The van der Waals surface area contributed by atoms with Crippen molar-refractivity contribution in [2.45, 2.75) is 13.8 Å². The van der Waals surface area contributed by atoms with Gasteiger partial charge in [-0.1, -0.05) is 12.1 Å². The maximum absolute atomic E-state index is 11.6. The number of carbonyl (C=O) groups excluding carboxylic acids is 2. The SMILES string of the molecule is Cc1ccc(C(=O)/N=C\N(C)C)cc1[N+](=O)[O-].Cc1ccc(C(N)=O)cc1[N+](=O)[O-]. The fourth-order valence-corrected chi connectivity index (χ4v) is 2.14. The molecular weight excluding hydrogens is 394 g/mol. The normalized spacial score (nSPS) is 10.1. The Balaban J connectivity index is 0.000000311. The molecule has 2 aromatic carbocycles. The Labute approximate surface area is 172 Å². The fourth-order valence-electron chi connectivity index (χ4n) is 2.14. The third kappa shape index (κ3) is 6.78. The summed E-state index contributed by atoms with van der Waals surface area (Å²) in [6.45, 7) is 3.22. The number of rotatable bonds is 5. The van der Waals surface area contributed by atoms with Gasteiger partial charge in [0, 0.05) is 48.5 Å². The van der Waals surface area contributed by atoms with Crippen LogP contribution in [0.2, 0.25) is 0 Å². The van der Waals surface area contributed by atoms with Crippen LogP contribution in [0.4, 0.5) is 11.4 Å². The number of nitro benzene ring substituents is 2. The van der Waals surface area contributed by atoms with E-state index in [2.05, 4.69) is 4.99 Å². The van der Waals surface area contributed by atoms with E-state index in [1.54, 1.807) is 32.8 Å². The van der Waals surface area contributed by atoms with Gasteiger partial charge in [-0.3, -0.25) is 29.8 Å². The van der Waals surface area contributed by atoms with Crippen molar-refractivity contribution in [2.24, 2.45) is 10.7 Å². The number of hydrogen-bond acceptors (Lipinski definition) is 6. The Bertz CT molecular complexity index is 1020. The van der Waals surface area contributed by atoms with Crippen molar-refractivity contribution in [2.75, 3.05) is 14.1 Å². The summed E-state index contributed by atoms with van der Waals surface area (Å²) in [4.78, 5) is 47.7. The van der Waals surface area contributed by atoms with E-state index in [1.807, 2.05) is 0 Å². The number of primary amides is 1. The molecule has 0 unspecified atom stereocenters. The number of amides is 2. The summed E-state index contributed by atoms with van der Waals surface area (Å²) in [5, 5.41) is 21.2. The lowest BCUT2D eigenvalue weighted by atomic mass is 10.1. The number of nitrogens with two attached hydrogens (primary N) is 1. The molecule has 0 aromatic heterocycles. The molecule has 0 saturated heterocycles. The molecule has 0 aliphatic heterocycles. The van der Waals surface area contributed by atoms with Crippen LogP contribution in [-0.2, 0) is 0 Å². The highest BCUT2D eigenvalue weighted by molar-refractivity contribution is 5.99. The zero-order chi connectivity index (χ0) is 23.0. The van der Waals surface area contributed by atoms with Crippen molar-refractivity contribution < 1.29 is 19.4 Å². The van der Waals surface area contributed by atoms with Gasteiger partial charge in [0.05, 0.1) is 16.2 Å². The topological polar surface area (TPSA) is 162 Å². The zero-order valence-corrected chi connectivity index (χ0v) is 16.9. The third-order valence-corrected chi connectivity index (χ3v) is 3.75. The van der Waals surface area contributed by atoms with Gasteiger partial charge in [0.2, 0.25) is 5.91 Å². The molecule has 11 heteroatoms. The summed E-state index contributed by atoms with van der Waals surface area (Å²) in [6.07, 6.45) is 1.36. The second-order valence-corrected chi connectivity index (χ2v) is 6.39. The monoisotopic (exact) mass is 415 g/mol. The van der Waals surface area contributed by atoms with Crippen molar-refractivity contribution >= 4 is 29.5 Å². The number of hydrogen-bond donors (Lipinski definition) is 1. The number of aliphatic imine (C=N–C) groups is 1. The van der Waals surface area contributed by atoms with Gasteiger partial charge in [0.25, 0.3) is 17.3 Å². The molecule has 2 amide bonds. The molecule has 11 nitrogen and oxygen atoms in total. The van der Waals surface area contributed by atoms with Gasteiger partial charge in [-0.2, -0.15) is 4.99 Å². The maximum atomic E-state index is 11.6. The van der Waals surface area contributed by atoms with Crippen LogP contribution in [0.15, 0.2) is 41.4 Å². The predicted molar refractivity (Wildman–Crippen MR) is 111 cm³/mol. The van der Waals surface area contributed by atoms with Crippen LogP contribution in [0.1, 0.15) is 31.8 Å². The lowest BCUT2D eigenvalue weighted by molar-refractivity contribution is -0.385. The summed E-state index contributed by atoms with van der Waals surface area (Å²) in [6, 6.07) is 8.44. The van der Waals surface area contributed by atoms with Crippen LogP contribution in [0.5, 0.6) is 0 Å². The van der Waals surface area contributed by atoms with Crippen molar-refractivity contribution in [1.82, 2.24) is 4.90 Å². The van der Waals surface area contributed by atoms with Crippen molar-refractivity contribution in [3.63, 3.8) is 0 Å². The first-order valence-electron chi connectivity index (χ1n) is 8.48. The van der Waals surface area contributed by atoms with E-state index in [9.17, 15) is 29.8 Å². The Hall–Kier alpha value is -4.15. The molecule has 0 bridgehead atoms. The van der Waals surface area contributed by atoms with Crippen LogP contribution in [0.3, 0.4) is 0 Å². The Kier molecular flexibility index (Phi) is 8.29. The van der Waals surface area contributed by atoms with E-state index in [1.165, 1.54) is 42.7 Å². The second kappa shape index (κ2) is 10.4. The maximum Gasteiger partial charge on any atom is 0.278 e. The minimum absolute atomic E-state index is 0.0732. The molecule has 2 rings (SSSR count). The van der Waals surface area contributed by atoms with Gasteiger partial charge in [0.15, 0.2) is 0 Å². The minimum atomic E-state index is -0.664. The Morgan fingerprint density at radius 3 is 1.77 bits per heavy atom. The fraction of sp³-hybridized carbons (Fsp3) is 0.211. The number of nitro groups is 2. The summed E-state index contributed by atoms with van der Waals surface area (Å²) in [5.74, 6) is -1.16. The standard InChI is InChI=1S/C11H13N3O3.C8H8N2O3/c1-8-4-5-9(6-10(8)14(16)17)11(15)12-7-13(2)3;1-5-2-3-6(8(9)11)4-7(5)10(12)13/h4-7H,1-3H3;2-4H,1H3,(H2,9,11)/b12-7-;. The van der Waals surface area contributed by atoms with Crippen molar-refractivity contribution in [1.29, 1.82) is 0 Å². The van der Waals surface area contributed by atoms with E-state index in [-0.39, 0.29) is 22.5 Å². The molecule has 2 N–H and O–H groups in total. The van der Waals surface area contributed by atoms with Crippen molar-refractivity contribution in [3.05, 3.63) is 78.9 Å². The average Bonchev–Trinajstić information content (AvgIpc) is 2.66. The highest BCUT2D eigenvalue weighted by Crippen LogP contribution is 2.20.